The standard InChI is InChI=1S/C32H28BrN3O8S/c1-5-43-31(38)28-18(2)34-32-35(29(28)23-15-25(41-3)26(42-4)16-24(23)33)30(37)27(45-32)14-19-8-12-22(13-9-19)44-17-20-6-10-21(11-7-20)36(39)40/h6-16,29H,5,17H2,1-4H3/b27-14-. The molecule has 2 heterocycles. The van der Waals surface area contributed by atoms with Gasteiger partial charge in [-0.25, -0.2) is 9.79 Å². The highest BCUT2D eigenvalue weighted by atomic mass is 79.9. The molecule has 0 radical (unpaired) electrons. The molecule has 1 aromatic heterocycles. The van der Waals surface area contributed by atoms with Crippen LogP contribution >= 0.6 is 27.3 Å². The van der Waals surface area contributed by atoms with Crippen molar-refractivity contribution in [2.75, 3.05) is 20.8 Å². The van der Waals surface area contributed by atoms with Gasteiger partial charge >= 0.3 is 5.97 Å². The zero-order chi connectivity index (χ0) is 32.2. The average Bonchev–Trinajstić information content (AvgIpc) is 3.33. The number of nitro groups is 1. The fraction of sp³-hybridized carbons (Fsp3) is 0.219. The number of hydrogen-bond donors (Lipinski definition) is 0. The monoisotopic (exact) mass is 693 g/mol. The molecule has 1 aliphatic rings. The van der Waals surface area contributed by atoms with Crippen LogP contribution in [0.15, 0.2) is 86.2 Å². The minimum absolute atomic E-state index is 0.0170. The first kappa shape index (κ1) is 31.7. The lowest BCUT2D eigenvalue weighted by molar-refractivity contribution is -0.384. The van der Waals surface area contributed by atoms with Crippen molar-refractivity contribution in [2.24, 2.45) is 4.99 Å². The molecule has 11 nitrogen and oxygen atoms in total. The number of rotatable bonds is 10. The third-order valence-electron chi connectivity index (χ3n) is 7.05. The Morgan fingerprint density at radius 1 is 1.09 bits per heavy atom. The normalized spacial score (nSPS) is 14.4. The van der Waals surface area contributed by atoms with Crippen molar-refractivity contribution in [1.29, 1.82) is 0 Å². The van der Waals surface area contributed by atoms with Crippen LogP contribution in [0, 0.1) is 10.1 Å². The second kappa shape index (κ2) is 13.5. The number of halogens is 1. The van der Waals surface area contributed by atoms with Gasteiger partial charge in [0.2, 0.25) is 0 Å². The van der Waals surface area contributed by atoms with Crippen LogP contribution in [-0.4, -0.2) is 36.3 Å². The van der Waals surface area contributed by atoms with E-state index in [0.29, 0.717) is 42.3 Å². The fourth-order valence-electron chi connectivity index (χ4n) is 4.86. The number of nitrogens with zero attached hydrogens (tertiary/aromatic N) is 3. The Balaban J connectivity index is 1.51. The van der Waals surface area contributed by atoms with Gasteiger partial charge < -0.3 is 18.9 Å². The summed E-state index contributed by atoms with van der Waals surface area (Å²) in [5.41, 5.74) is 2.54. The number of benzene rings is 3. The van der Waals surface area contributed by atoms with E-state index in [2.05, 4.69) is 20.9 Å². The number of esters is 1. The molecule has 232 valence electrons. The Morgan fingerprint density at radius 3 is 2.38 bits per heavy atom. The molecule has 0 fully saturated rings. The SMILES string of the molecule is CCOC(=O)C1=C(C)N=c2s/c(=C\c3ccc(OCc4ccc([N+](=O)[O-])cc4)cc3)c(=O)n2C1c1cc(OC)c(OC)cc1Br. The van der Waals surface area contributed by atoms with E-state index in [-0.39, 0.29) is 30.0 Å². The number of non-ortho nitro benzene ring substituents is 1. The summed E-state index contributed by atoms with van der Waals surface area (Å²) in [5.74, 6) is 0.953. The van der Waals surface area contributed by atoms with Crippen molar-refractivity contribution in [3.63, 3.8) is 0 Å². The van der Waals surface area contributed by atoms with Gasteiger partial charge in [-0.15, -0.1) is 0 Å². The third kappa shape index (κ3) is 6.54. The maximum Gasteiger partial charge on any atom is 0.338 e. The van der Waals surface area contributed by atoms with Gasteiger partial charge in [0.15, 0.2) is 16.3 Å². The van der Waals surface area contributed by atoms with Crippen molar-refractivity contribution >= 4 is 45.0 Å². The smallest absolute Gasteiger partial charge is 0.338 e. The van der Waals surface area contributed by atoms with Crippen molar-refractivity contribution in [1.82, 2.24) is 4.57 Å². The molecule has 3 aromatic carbocycles. The van der Waals surface area contributed by atoms with E-state index < -0.39 is 16.9 Å². The minimum Gasteiger partial charge on any atom is -0.493 e. The maximum absolute atomic E-state index is 14.0. The van der Waals surface area contributed by atoms with Crippen LogP contribution in [0.4, 0.5) is 5.69 Å². The van der Waals surface area contributed by atoms with Crippen LogP contribution in [0.25, 0.3) is 6.08 Å². The predicted molar refractivity (Wildman–Crippen MR) is 172 cm³/mol. The van der Waals surface area contributed by atoms with E-state index >= 15 is 0 Å². The first-order chi connectivity index (χ1) is 21.6. The van der Waals surface area contributed by atoms with Gasteiger partial charge in [0.25, 0.3) is 11.2 Å². The average molecular weight is 695 g/mol. The molecule has 0 saturated carbocycles. The largest absolute Gasteiger partial charge is 0.493 e. The number of carbonyl (C=O) groups is 1. The highest BCUT2D eigenvalue weighted by Gasteiger charge is 2.35. The van der Waals surface area contributed by atoms with E-state index in [1.165, 1.54) is 42.3 Å². The number of carbonyl (C=O) groups excluding carboxylic acids is 1. The molecule has 0 aliphatic carbocycles. The highest BCUT2D eigenvalue weighted by molar-refractivity contribution is 9.10. The van der Waals surface area contributed by atoms with E-state index in [1.807, 2.05) is 12.1 Å². The Labute approximate surface area is 269 Å². The predicted octanol–water partition coefficient (Wildman–Crippen LogP) is 5.07. The van der Waals surface area contributed by atoms with E-state index in [0.717, 1.165) is 11.1 Å². The summed E-state index contributed by atoms with van der Waals surface area (Å²) in [6.07, 6.45) is 1.76. The van der Waals surface area contributed by atoms with Crippen LogP contribution < -0.4 is 29.1 Å². The van der Waals surface area contributed by atoms with E-state index in [9.17, 15) is 19.7 Å². The van der Waals surface area contributed by atoms with Gasteiger partial charge in [-0.05, 0) is 73.0 Å². The summed E-state index contributed by atoms with van der Waals surface area (Å²) < 4.78 is 24.7. The number of ether oxygens (including phenoxy) is 4. The molecule has 1 atom stereocenters. The van der Waals surface area contributed by atoms with Gasteiger partial charge in [0, 0.05) is 16.6 Å². The maximum atomic E-state index is 14.0. The molecule has 0 spiro atoms. The van der Waals surface area contributed by atoms with Crippen LogP contribution in [0.1, 0.15) is 36.6 Å². The molecular weight excluding hydrogens is 666 g/mol. The number of methoxy groups -OCH3 is 2. The quantitative estimate of drug-likeness (QED) is 0.128. The van der Waals surface area contributed by atoms with Crippen molar-refractivity contribution in [3.8, 4) is 17.2 Å². The van der Waals surface area contributed by atoms with Crippen molar-refractivity contribution in [2.45, 2.75) is 26.5 Å². The van der Waals surface area contributed by atoms with Gasteiger partial charge in [0.1, 0.15) is 12.4 Å². The molecule has 1 unspecified atom stereocenters. The lowest BCUT2D eigenvalue weighted by atomic mass is 9.95. The molecule has 0 saturated heterocycles. The van der Waals surface area contributed by atoms with Crippen LogP contribution in [-0.2, 0) is 16.1 Å². The summed E-state index contributed by atoms with van der Waals surface area (Å²) in [5, 5.41) is 10.9. The molecule has 0 bridgehead atoms. The Bertz CT molecular complexity index is 1980. The Kier molecular flexibility index (Phi) is 9.49. The number of nitro benzene ring substituents is 1. The molecule has 13 heteroatoms. The van der Waals surface area contributed by atoms with E-state index in [1.54, 1.807) is 56.3 Å². The fourth-order valence-corrected chi connectivity index (χ4v) is 6.44. The topological polar surface area (TPSA) is 131 Å². The van der Waals surface area contributed by atoms with Crippen molar-refractivity contribution < 1.29 is 28.7 Å². The number of aromatic nitrogens is 1. The summed E-state index contributed by atoms with van der Waals surface area (Å²) in [7, 11) is 3.04. The first-order valence-corrected chi connectivity index (χ1v) is 15.3. The first-order valence-electron chi connectivity index (χ1n) is 13.7. The molecular formula is C32H28BrN3O8S. The number of allylic oxidation sites excluding steroid dienone is 1. The van der Waals surface area contributed by atoms with E-state index in [4.69, 9.17) is 18.9 Å². The second-order valence-corrected chi connectivity index (χ2v) is 11.7. The number of thiazole rings is 1. The van der Waals surface area contributed by atoms with Crippen molar-refractivity contribution in [3.05, 3.63) is 123 Å². The molecule has 0 N–H and O–H groups in total. The lowest BCUT2D eigenvalue weighted by Crippen LogP contribution is -2.40. The zero-order valence-corrected chi connectivity index (χ0v) is 27.1. The molecule has 4 aromatic rings. The lowest BCUT2D eigenvalue weighted by Gasteiger charge is -2.26. The van der Waals surface area contributed by atoms with Gasteiger partial charge in [0.05, 0.1) is 47.6 Å². The van der Waals surface area contributed by atoms with Crippen LogP contribution in [0.2, 0.25) is 0 Å². The van der Waals surface area contributed by atoms with Gasteiger partial charge in [-0.3, -0.25) is 19.5 Å². The Hall–Kier alpha value is -4.75. The molecule has 5 rings (SSSR count). The summed E-state index contributed by atoms with van der Waals surface area (Å²) in [4.78, 5) is 42.7. The van der Waals surface area contributed by atoms with Crippen LogP contribution in [0.5, 0.6) is 17.2 Å². The van der Waals surface area contributed by atoms with Gasteiger partial charge in [-0.1, -0.05) is 39.4 Å². The summed E-state index contributed by atoms with van der Waals surface area (Å²) in [6.45, 7) is 3.84. The number of fused-ring (bicyclic) bond motifs is 1. The zero-order valence-electron chi connectivity index (χ0n) is 24.7. The molecule has 45 heavy (non-hydrogen) atoms. The molecule has 1 aliphatic heterocycles. The minimum atomic E-state index is -0.841. The second-order valence-electron chi connectivity index (χ2n) is 9.81. The van der Waals surface area contributed by atoms with Crippen LogP contribution in [0.3, 0.4) is 0 Å². The number of hydrogen-bond acceptors (Lipinski definition) is 10. The third-order valence-corrected chi connectivity index (χ3v) is 8.71. The summed E-state index contributed by atoms with van der Waals surface area (Å²) in [6, 6.07) is 16.0. The highest BCUT2D eigenvalue weighted by Crippen LogP contribution is 2.40. The Morgan fingerprint density at radius 2 is 1.76 bits per heavy atom. The van der Waals surface area contributed by atoms with Gasteiger partial charge in [-0.2, -0.15) is 0 Å². The molecule has 0 amide bonds. The summed E-state index contributed by atoms with van der Waals surface area (Å²) >= 11 is 4.82.